The Hall–Kier alpha value is -2.89. The Kier molecular flexibility index (Phi) is 7.79. The van der Waals surface area contributed by atoms with Crippen molar-refractivity contribution in [3.63, 3.8) is 0 Å². The van der Waals surface area contributed by atoms with Gasteiger partial charge in [0.1, 0.15) is 0 Å². The predicted octanol–water partition coefficient (Wildman–Crippen LogP) is 2.93. The number of methoxy groups -OCH3 is 3. The Balaban J connectivity index is 1.93. The van der Waals surface area contributed by atoms with Gasteiger partial charge in [0.15, 0.2) is 17.5 Å². The van der Waals surface area contributed by atoms with Crippen LogP contribution in [0.25, 0.3) is 0 Å². The van der Waals surface area contributed by atoms with E-state index in [-0.39, 0.29) is 0 Å². The van der Waals surface area contributed by atoms with E-state index in [4.69, 9.17) is 14.2 Å². The minimum Gasteiger partial charge on any atom is -0.493 e. The normalized spacial score (nSPS) is 11.1. The zero-order valence-electron chi connectivity index (χ0n) is 16.8. The van der Waals surface area contributed by atoms with Gasteiger partial charge in [-0.15, -0.1) is 0 Å². The van der Waals surface area contributed by atoms with Gasteiger partial charge in [0.2, 0.25) is 5.75 Å². The highest BCUT2D eigenvalue weighted by Gasteiger charge is 2.13. The Labute approximate surface area is 161 Å². The molecular formula is C21H29N3O3. The summed E-state index contributed by atoms with van der Waals surface area (Å²) in [6.07, 6.45) is 0.937. The van der Waals surface area contributed by atoms with E-state index in [1.165, 1.54) is 11.1 Å². The molecule has 2 rings (SSSR count). The molecule has 0 spiro atoms. The summed E-state index contributed by atoms with van der Waals surface area (Å²) in [4.78, 5) is 4.28. The van der Waals surface area contributed by atoms with Crippen molar-refractivity contribution >= 4 is 5.96 Å². The summed E-state index contributed by atoms with van der Waals surface area (Å²) in [5.41, 5.74) is 3.59. The summed E-state index contributed by atoms with van der Waals surface area (Å²) in [6, 6.07) is 12.4. The Morgan fingerprint density at radius 1 is 0.926 bits per heavy atom. The van der Waals surface area contributed by atoms with E-state index in [0.717, 1.165) is 24.5 Å². The monoisotopic (exact) mass is 371 g/mol. The summed E-state index contributed by atoms with van der Waals surface area (Å²) in [5, 5.41) is 6.65. The SMILES string of the molecule is CN=C(NCCc1cccc(C)c1)NCc1cc(OC)c(OC)c(OC)c1. The van der Waals surface area contributed by atoms with Crippen LogP contribution in [0, 0.1) is 6.92 Å². The number of aryl methyl sites for hydroxylation is 1. The molecule has 146 valence electrons. The summed E-state index contributed by atoms with van der Waals surface area (Å²) in [5.74, 6) is 2.60. The van der Waals surface area contributed by atoms with Crippen LogP contribution in [0.15, 0.2) is 41.4 Å². The lowest BCUT2D eigenvalue weighted by atomic mass is 10.1. The van der Waals surface area contributed by atoms with E-state index in [1.807, 2.05) is 12.1 Å². The van der Waals surface area contributed by atoms with Crippen molar-refractivity contribution < 1.29 is 14.2 Å². The summed E-state index contributed by atoms with van der Waals surface area (Å²) in [7, 11) is 6.58. The maximum Gasteiger partial charge on any atom is 0.203 e. The average Bonchev–Trinajstić information content (AvgIpc) is 2.69. The molecule has 6 nitrogen and oxygen atoms in total. The van der Waals surface area contributed by atoms with E-state index >= 15 is 0 Å². The van der Waals surface area contributed by atoms with Gasteiger partial charge in [0.05, 0.1) is 21.3 Å². The van der Waals surface area contributed by atoms with Gasteiger partial charge in [-0.3, -0.25) is 4.99 Å². The zero-order chi connectivity index (χ0) is 19.6. The first kappa shape index (κ1) is 20.4. The Morgan fingerprint density at radius 3 is 2.19 bits per heavy atom. The first-order valence-corrected chi connectivity index (χ1v) is 8.90. The van der Waals surface area contributed by atoms with Crippen molar-refractivity contribution in [2.45, 2.75) is 19.9 Å². The van der Waals surface area contributed by atoms with Gasteiger partial charge in [0, 0.05) is 20.1 Å². The molecule has 0 fully saturated rings. The van der Waals surface area contributed by atoms with Crippen LogP contribution in [0.5, 0.6) is 17.2 Å². The van der Waals surface area contributed by atoms with E-state index in [1.54, 1.807) is 28.4 Å². The van der Waals surface area contributed by atoms with Crippen LogP contribution < -0.4 is 24.8 Å². The predicted molar refractivity (Wildman–Crippen MR) is 109 cm³/mol. The van der Waals surface area contributed by atoms with E-state index in [9.17, 15) is 0 Å². The molecule has 0 saturated heterocycles. The second-order valence-corrected chi connectivity index (χ2v) is 6.13. The summed E-state index contributed by atoms with van der Waals surface area (Å²) >= 11 is 0. The minimum absolute atomic E-state index is 0.584. The van der Waals surface area contributed by atoms with Crippen LogP contribution in [0.2, 0.25) is 0 Å². The van der Waals surface area contributed by atoms with Gasteiger partial charge in [-0.1, -0.05) is 29.8 Å². The van der Waals surface area contributed by atoms with Crippen molar-refractivity contribution in [1.29, 1.82) is 0 Å². The van der Waals surface area contributed by atoms with Crippen LogP contribution in [-0.4, -0.2) is 40.9 Å². The maximum atomic E-state index is 5.40. The van der Waals surface area contributed by atoms with Gasteiger partial charge in [-0.25, -0.2) is 0 Å². The number of hydrogen-bond acceptors (Lipinski definition) is 4. The van der Waals surface area contributed by atoms with Crippen molar-refractivity contribution in [2.24, 2.45) is 4.99 Å². The molecular weight excluding hydrogens is 342 g/mol. The van der Waals surface area contributed by atoms with Crippen LogP contribution >= 0.6 is 0 Å². The average molecular weight is 371 g/mol. The lowest BCUT2D eigenvalue weighted by Gasteiger charge is -2.16. The number of aliphatic imine (C=N–C) groups is 1. The number of guanidine groups is 1. The number of benzene rings is 2. The van der Waals surface area contributed by atoms with Crippen molar-refractivity contribution in [3.05, 3.63) is 53.1 Å². The lowest BCUT2D eigenvalue weighted by molar-refractivity contribution is 0.323. The fraction of sp³-hybridized carbons (Fsp3) is 0.381. The van der Waals surface area contributed by atoms with E-state index < -0.39 is 0 Å². The zero-order valence-corrected chi connectivity index (χ0v) is 16.8. The van der Waals surface area contributed by atoms with Gasteiger partial charge in [-0.05, 0) is 36.6 Å². The topological polar surface area (TPSA) is 64.1 Å². The van der Waals surface area contributed by atoms with Crippen LogP contribution in [0.4, 0.5) is 0 Å². The van der Waals surface area contributed by atoms with Crippen molar-refractivity contribution in [1.82, 2.24) is 10.6 Å². The number of ether oxygens (including phenoxy) is 3. The summed E-state index contributed by atoms with van der Waals surface area (Å²) in [6.45, 7) is 3.49. The molecule has 0 amide bonds. The quantitative estimate of drug-likeness (QED) is 0.552. The molecule has 0 radical (unpaired) electrons. The van der Waals surface area contributed by atoms with Gasteiger partial charge in [0.25, 0.3) is 0 Å². The second-order valence-electron chi connectivity index (χ2n) is 6.13. The second kappa shape index (κ2) is 10.3. The molecule has 0 heterocycles. The Morgan fingerprint density at radius 2 is 1.63 bits per heavy atom. The number of hydrogen-bond donors (Lipinski definition) is 2. The lowest BCUT2D eigenvalue weighted by Crippen LogP contribution is -2.37. The highest BCUT2D eigenvalue weighted by molar-refractivity contribution is 5.79. The van der Waals surface area contributed by atoms with Gasteiger partial charge < -0.3 is 24.8 Å². The number of nitrogens with zero attached hydrogens (tertiary/aromatic N) is 1. The molecule has 27 heavy (non-hydrogen) atoms. The molecule has 0 aromatic heterocycles. The summed E-state index contributed by atoms with van der Waals surface area (Å²) < 4.78 is 16.2. The first-order chi connectivity index (χ1) is 13.1. The molecule has 6 heteroatoms. The standard InChI is InChI=1S/C21H29N3O3/c1-15-7-6-8-16(11-15)9-10-23-21(22-2)24-14-17-12-18(25-3)20(27-5)19(13-17)26-4/h6-8,11-13H,9-10,14H2,1-5H3,(H2,22,23,24). The molecule has 0 aliphatic rings. The third kappa shape index (κ3) is 5.81. The number of rotatable bonds is 8. The first-order valence-electron chi connectivity index (χ1n) is 8.90. The van der Waals surface area contributed by atoms with Crippen LogP contribution in [0.3, 0.4) is 0 Å². The molecule has 0 aliphatic heterocycles. The fourth-order valence-corrected chi connectivity index (χ4v) is 2.84. The maximum absolute atomic E-state index is 5.40. The smallest absolute Gasteiger partial charge is 0.203 e. The molecule has 0 saturated carbocycles. The van der Waals surface area contributed by atoms with Crippen molar-refractivity contribution in [2.75, 3.05) is 34.9 Å². The Bertz CT molecular complexity index is 750. The molecule has 0 aliphatic carbocycles. The minimum atomic E-state index is 0.584. The van der Waals surface area contributed by atoms with Crippen LogP contribution in [-0.2, 0) is 13.0 Å². The molecule has 0 unspecified atom stereocenters. The fourth-order valence-electron chi connectivity index (χ4n) is 2.84. The molecule has 2 aromatic rings. The third-order valence-corrected chi connectivity index (χ3v) is 4.20. The van der Waals surface area contributed by atoms with Gasteiger partial charge >= 0.3 is 0 Å². The highest BCUT2D eigenvalue weighted by atomic mass is 16.5. The van der Waals surface area contributed by atoms with E-state index in [2.05, 4.69) is 46.8 Å². The number of nitrogens with one attached hydrogen (secondary N) is 2. The van der Waals surface area contributed by atoms with Crippen LogP contribution in [0.1, 0.15) is 16.7 Å². The van der Waals surface area contributed by atoms with Gasteiger partial charge in [-0.2, -0.15) is 0 Å². The largest absolute Gasteiger partial charge is 0.493 e. The van der Waals surface area contributed by atoms with E-state index in [0.29, 0.717) is 23.8 Å². The molecule has 0 bridgehead atoms. The third-order valence-electron chi connectivity index (χ3n) is 4.20. The van der Waals surface area contributed by atoms with Crippen molar-refractivity contribution in [3.8, 4) is 17.2 Å². The molecule has 2 N–H and O–H groups in total. The molecule has 2 aromatic carbocycles. The highest BCUT2D eigenvalue weighted by Crippen LogP contribution is 2.38. The molecule has 0 atom stereocenters.